The average Bonchev–Trinajstić information content (AvgIpc) is 2.98. The van der Waals surface area contributed by atoms with Gasteiger partial charge in [0.2, 0.25) is 16.0 Å². The summed E-state index contributed by atoms with van der Waals surface area (Å²) in [5.41, 5.74) is 10.9. The zero-order valence-corrected chi connectivity index (χ0v) is 15.3. The summed E-state index contributed by atoms with van der Waals surface area (Å²) in [5, 5.41) is 0. The highest BCUT2D eigenvalue weighted by Gasteiger charge is 2.31. The Bertz CT molecular complexity index is 928. The molecule has 2 aromatic heterocycles. The Kier molecular flexibility index (Phi) is 3.80. The molecule has 0 spiro atoms. The van der Waals surface area contributed by atoms with Crippen LogP contribution in [0.4, 0.5) is 5.95 Å². The molecule has 1 fully saturated rings. The molecule has 4 rings (SSSR count). The Labute approximate surface area is 147 Å². The van der Waals surface area contributed by atoms with E-state index in [1.165, 1.54) is 6.26 Å². The number of hydrogen-bond donors (Lipinski definition) is 1. The number of nitrogens with zero attached hydrogens (tertiary/aromatic N) is 5. The molecule has 0 atom stereocenters. The van der Waals surface area contributed by atoms with Gasteiger partial charge in [-0.15, -0.1) is 0 Å². The molecule has 2 aromatic rings. The summed E-state index contributed by atoms with van der Waals surface area (Å²) in [7, 11) is -3.12. The Morgan fingerprint density at radius 1 is 1.20 bits per heavy atom. The van der Waals surface area contributed by atoms with Crippen LogP contribution in [0.25, 0.3) is 11.4 Å². The van der Waals surface area contributed by atoms with E-state index in [-0.39, 0.29) is 12.0 Å². The second kappa shape index (κ2) is 5.77. The Balaban J connectivity index is 1.70. The van der Waals surface area contributed by atoms with Crippen LogP contribution >= 0.6 is 0 Å². The number of sulfonamides is 1. The van der Waals surface area contributed by atoms with E-state index in [0.29, 0.717) is 13.1 Å². The zero-order valence-electron chi connectivity index (χ0n) is 14.4. The number of piperidine rings is 1. The highest BCUT2D eigenvalue weighted by atomic mass is 32.2. The molecule has 0 radical (unpaired) electrons. The predicted octanol–water partition coefficient (Wildman–Crippen LogP) is 0.926. The molecule has 1 saturated heterocycles. The number of aromatic nitrogens is 4. The number of imidazole rings is 1. The first-order valence-electron chi connectivity index (χ1n) is 8.49. The number of aryl methyl sites for hydroxylation is 2. The number of nitrogens with two attached hydrogens (primary N) is 1. The van der Waals surface area contributed by atoms with E-state index in [1.807, 2.05) is 13.3 Å². The summed E-state index contributed by atoms with van der Waals surface area (Å²) < 4.78 is 27.2. The number of nitrogen functional groups attached to an aromatic ring is 1. The first-order chi connectivity index (χ1) is 11.8. The highest BCUT2D eigenvalue weighted by Crippen LogP contribution is 2.37. The quantitative estimate of drug-likeness (QED) is 0.851. The van der Waals surface area contributed by atoms with Gasteiger partial charge in [0.1, 0.15) is 0 Å². The van der Waals surface area contributed by atoms with Gasteiger partial charge in [-0.3, -0.25) is 0 Å². The van der Waals surface area contributed by atoms with Crippen molar-refractivity contribution in [3.05, 3.63) is 23.3 Å². The summed E-state index contributed by atoms with van der Waals surface area (Å²) in [6.07, 6.45) is 6.42. The summed E-state index contributed by atoms with van der Waals surface area (Å²) in [6, 6.07) is 0.219. The van der Waals surface area contributed by atoms with Crippen molar-refractivity contribution < 1.29 is 8.42 Å². The zero-order chi connectivity index (χ0) is 17.8. The topological polar surface area (TPSA) is 107 Å². The first-order valence-corrected chi connectivity index (χ1v) is 10.3. The number of fused-ring (bicyclic) bond motifs is 3. The largest absolute Gasteiger partial charge is 0.368 e. The van der Waals surface area contributed by atoms with Gasteiger partial charge in [0, 0.05) is 30.4 Å². The molecule has 3 heterocycles. The van der Waals surface area contributed by atoms with Crippen molar-refractivity contribution in [3.8, 4) is 11.4 Å². The van der Waals surface area contributed by atoms with Gasteiger partial charge in [-0.05, 0) is 32.6 Å². The van der Waals surface area contributed by atoms with Gasteiger partial charge < -0.3 is 10.3 Å². The lowest BCUT2D eigenvalue weighted by molar-refractivity contribution is 0.276. The third-order valence-electron chi connectivity index (χ3n) is 5.22. The van der Waals surface area contributed by atoms with Crippen molar-refractivity contribution in [3.63, 3.8) is 0 Å². The van der Waals surface area contributed by atoms with Crippen molar-refractivity contribution >= 4 is 16.0 Å². The van der Waals surface area contributed by atoms with Gasteiger partial charge in [0.05, 0.1) is 29.7 Å². The van der Waals surface area contributed by atoms with Crippen LogP contribution in [0.5, 0.6) is 0 Å². The fourth-order valence-electron chi connectivity index (χ4n) is 3.93. The third-order valence-corrected chi connectivity index (χ3v) is 6.53. The summed E-state index contributed by atoms with van der Waals surface area (Å²) >= 11 is 0. The lowest BCUT2D eigenvalue weighted by Crippen LogP contribution is -2.38. The van der Waals surface area contributed by atoms with Gasteiger partial charge in [-0.2, -0.15) is 0 Å². The molecule has 25 heavy (non-hydrogen) atoms. The minimum Gasteiger partial charge on any atom is -0.368 e. The maximum absolute atomic E-state index is 11.7. The molecular formula is C16H22N6O2S. The Morgan fingerprint density at radius 2 is 1.92 bits per heavy atom. The van der Waals surface area contributed by atoms with Crippen molar-refractivity contribution in [2.75, 3.05) is 25.1 Å². The van der Waals surface area contributed by atoms with E-state index in [1.54, 1.807) is 4.31 Å². The number of hydrogen-bond acceptors (Lipinski definition) is 6. The highest BCUT2D eigenvalue weighted by molar-refractivity contribution is 7.88. The van der Waals surface area contributed by atoms with E-state index >= 15 is 0 Å². The van der Waals surface area contributed by atoms with E-state index in [2.05, 4.69) is 19.5 Å². The lowest BCUT2D eigenvalue weighted by atomic mass is 9.94. The summed E-state index contributed by atoms with van der Waals surface area (Å²) in [5.74, 6) is 0.281. The third kappa shape index (κ3) is 2.81. The molecule has 134 valence electrons. The van der Waals surface area contributed by atoms with Crippen molar-refractivity contribution in [1.82, 2.24) is 23.8 Å². The van der Waals surface area contributed by atoms with Gasteiger partial charge in [-0.1, -0.05) is 0 Å². The summed E-state index contributed by atoms with van der Waals surface area (Å²) in [4.78, 5) is 13.4. The molecule has 8 nitrogen and oxygen atoms in total. The predicted molar refractivity (Wildman–Crippen MR) is 94.5 cm³/mol. The van der Waals surface area contributed by atoms with E-state index in [9.17, 15) is 8.42 Å². The fraction of sp³-hybridized carbons (Fsp3) is 0.562. The van der Waals surface area contributed by atoms with Crippen LogP contribution in [-0.4, -0.2) is 51.6 Å². The normalized spacial score (nSPS) is 18.8. The van der Waals surface area contributed by atoms with Gasteiger partial charge in [0.15, 0.2) is 0 Å². The molecule has 9 heteroatoms. The standard InChI is InChI=1S/C16H22N6O2S/c1-10-12-3-4-13-15(14(12)20-16(17)19-10)22(9-18-13)11-5-7-21(8-6-11)25(2,23)24/h9,11H,3-8H2,1-2H3,(H2,17,19,20). The minimum absolute atomic E-state index is 0.219. The smallest absolute Gasteiger partial charge is 0.220 e. The molecule has 0 unspecified atom stereocenters. The van der Waals surface area contributed by atoms with Crippen LogP contribution in [0.3, 0.4) is 0 Å². The Hall–Kier alpha value is -2.00. The van der Waals surface area contributed by atoms with Crippen LogP contribution in [0.15, 0.2) is 6.33 Å². The maximum Gasteiger partial charge on any atom is 0.220 e. The van der Waals surface area contributed by atoms with Crippen molar-refractivity contribution in [1.29, 1.82) is 0 Å². The van der Waals surface area contributed by atoms with Crippen molar-refractivity contribution in [2.45, 2.75) is 38.6 Å². The molecule has 1 aliphatic carbocycles. The average molecular weight is 362 g/mol. The monoisotopic (exact) mass is 362 g/mol. The first kappa shape index (κ1) is 16.5. The van der Waals surface area contributed by atoms with Gasteiger partial charge >= 0.3 is 0 Å². The van der Waals surface area contributed by atoms with E-state index in [4.69, 9.17) is 5.73 Å². The maximum atomic E-state index is 11.7. The molecule has 0 amide bonds. The number of rotatable bonds is 2. The van der Waals surface area contributed by atoms with Crippen LogP contribution < -0.4 is 5.73 Å². The second-order valence-corrected chi connectivity index (χ2v) is 8.82. The number of anilines is 1. The van der Waals surface area contributed by atoms with Crippen LogP contribution in [0.1, 0.15) is 35.8 Å². The van der Waals surface area contributed by atoms with Gasteiger partial charge in [-0.25, -0.2) is 27.7 Å². The van der Waals surface area contributed by atoms with E-state index < -0.39 is 10.0 Å². The van der Waals surface area contributed by atoms with Crippen molar-refractivity contribution in [2.24, 2.45) is 0 Å². The molecule has 2 N–H and O–H groups in total. The lowest BCUT2D eigenvalue weighted by Gasteiger charge is -2.32. The van der Waals surface area contributed by atoms with Crippen LogP contribution in [0, 0.1) is 6.92 Å². The Morgan fingerprint density at radius 3 is 2.60 bits per heavy atom. The molecule has 0 aromatic carbocycles. The van der Waals surface area contributed by atoms with Crippen LogP contribution in [0.2, 0.25) is 0 Å². The molecular weight excluding hydrogens is 340 g/mol. The SMILES string of the molecule is Cc1nc(N)nc2c1CCc1ncn(C3CCN(S(C)(=O)=O)CC3)c1-2. The van der Waals surface area contributed by atoms with E-state index in [0.717, 1.165) is 54.0 Å². The molecule has 0 saturated carbocycles. The molecule has 2 aliphatic rings. The molecule has 1 aliphatic heterocycles. The minimum atomic E-state index is -3.12. The second-order valence-electron chi connectivity index (χ2n) is 6.83. The molecule has 0 bridgehead atoms. The van der Waals surface area contributed by atoms with Crippen LogP contribution in [-0.2, 0) is 22.9 Å². The van der Waals surface area contributed by atoms with Gasteiger partial charge in [0.25, 0.3) is 0 Å². The fourth-order valence-corrected chi connectivity index (χ4v) is 4.80. The summed E-state index contributed by atoms with van der Waals surface area (Å²) in [6.45, 7) is 3.04.